The molecule has 0 spiro atoms. The molecule has 10 heteroatoms. The number of piperidine rings is 1. The molecule has 0 N–H and O–H groups in total. The van der Waals surface area contributed by atoms with Crippen molar-refractivity contribution in [1.82, 2.24) is 15.1 Å². The van der Waals surface area contributed by atoms with E-state index in [0.717, 1.165) is 18.4 Å². The number of nitrogens with zero attached hydrogens (tertiary/aromatic N) is 4. The molecule has 0 radical (unpaired) electrons. The van der Waals surface area contributed by atoms with Gasteiger partial charge in [0, 0.05) is 36.2 Å². The highest BCUT2D eigenvalue weighted by Gasteiger charge is 2.30. The number of benzene rings is 1. The Bertz CT molecular complexity index is 1020. The number of nitro benzene ring substituents is 1. The van der Waals surface area contributed by atoms with Crippen molar-refractivity contribution < 1.29 is 14.1 Å². The van der Waals surface area contributed by atoms with Gasteiger partial charge in [-0.25, -0.2) is 0 Å². The summed E-state index contributed by atoms with van der Waals surface area (Å²) in [6.45, 7) is 0.934. The fourth-order valence-corrected chi connectivity index (χ4v) is 4.05. The van der Waals surface area contributed by atoms with Gasteiger partial charge < -0.3 is 9.32 Å². The van der Waals surface area contributed by atoms with Crippen LogP contribution in [0, 0.1) is 10.1 Å². The number of amides is 1. The van der Waals surface area contributed by atoms with Crippen LogP contribution in [0.1, 0.15) is 35.0 Å². The summed E-state index contributed by atoms with van der Waals surface area (Å²) in [5.41, 5.74) is 0.829. The molecule has 3 aromatic rings. The van der Waals surface area contributed by atoms with Gasteiger partial charge in [-0.2, -0.15) is 11.3 Å². The molecule has 1 saturated heterocycles. The molecule has 0 bridgehead atoms. The summed E-state index contributed by atoms with van der Waals surface area (Å²) < 4.78 is 5.81. The molecule has 1 aromatic carbocycles. The van der Waals surface area contributed by atoms with Crippen LogP contribution in [0.2, 0.25) is 5.02 Å². The minimum atomic E-state index is -0.545. The van der Waals surface area contributed by atoms with Crippen molar-refractivity contribution in [3.05, 3.63) is 61.6 Å². The number of carbonyl (C=O) groups is 1. The average molecular weight is 419 g/mol. The molecule has 8 nitrogen and oxygen atoms in total. The smallest absolute Gasteiger partial charge is 0.270 e. The summed E-state index contributed by atoms with van der Waals surface area (Å²) in [6.07, 6.45) is 1.58. The fraction of sp³-hybridized carbons (Fsp3) is 0.278. The van der Waals surface area contributed by atoms with Crippen molar-refractivity contribution in [3.63, 3.8) is 0 Å². The lowest BCUT2D eigenvalue weighted by Gasteiger charge is -2.31. The number of nitro groups is 1. The lowest BCUT2D eigenvalue weighted by atomic mass is 9.97. The Morgan fingerprint density at radius 3 is 2.96 bits per heavy atom. The van der Waals surface area contributed by atoms with Crippen LogP contribution in [0.25, 0.3) is 11.5 Å². The molecule has 4 rings (SSSR count). The number of carbonyl (C=O) groups excluding carboxylic acids is 1. The van der Waals surface area contributed by atoms with Crippen LogP contribution in [-0.2, 0) is 0 Å². The highest BCUT2D eigenvalue weighted by atomic mass is 35.5. The zero-order chi connectivity index (χ0) is 19.7. The van der Waals surface area contributed by atoms with Gasteiger partial charge in [-0.1, -0.05) is 11.6 Å². The van der Waals surface area contributed by atoms with Crippen LogP contribution in [-0.4, -0.2) is 39.0 Å². The van der Waals surface area contributed by atoms with E-state index in [0.29, 0.717) is 24.9 Å². The summed E-state index contributed by atoms with van der Waals surface area (Å²) >= 11 is 7.66. The van der Waals surface area contributed by atoms with E-state index in [1.54, 1.807) is 16.2 Å². The molecule has 1 unspecified atom stereocenters. The van der Waals surface area contributed by atoms with Gasteiger partial charge in [0.05, 0.1) is 21.4 Å². The Balaban J connectivity index is 1.53. The third-order valence-electron chi connectivity index (χ3n) is 4.66. The second kappa shape index (κ2) is 7.69. The molecule has 0 aliphatic carbocycles. The first-order chi connectivity index (χ1) is 13.5. The van der Waals surface area contributed by atoms with Crippen molar-refractivity contribution in [2.45, 2.75) is 18.8 Å². The SMILES string of the molecule is O=C(c1cc([N+](=O)[O-])ccc1Cl)N1CCCC(c2nnc(-c3ccsc3)o2)C1. The van der Waals surface area contributed by atoms with E-state index in [2.05, 4.69) is 10.2 Å². The summed E-state index contributed by atoms with van der Waals surface area (Å²) in [5.74, 6) is 0.524. The van der Waals surface area contributed by atoms with Crippen LogP contribution in [0.15, 0.2) is 39.4 Å². The molecule has 1 aliphatic heterocycles. The lowest BCUT2D eigenvalue weighted by molar-refractivity contribution is -0.384. The van der Waals surface area contributed by atoms with E-state index in [1.807, 2.05) is 16.8 Å². The van der Waals surface area contributed by atoms with E-state index in [1.165, 1.54) is 18.2 Å². The largest absolute Gasteiger partial charge is 0.420 e. The molecular formula is C18H15ClN4O4S. The highest BCUT2D eigenvalue weighted by Crippen LogP contribution is 2.31. The van der Waals surface area contributed by atoms with E-state index >= 15 is 0 Å². The van der Waals surface area contributed by atoms with Crippen molar-refractivity contribution >= 4 is 34.5 Å². The summed E-state index contributed by atoms with van der Waals surface area (Å²) in [4.78, 5) is 25.0. The van der Waals surface area contributed by atoms with E-state index in [-0.39, 0.29) is 28.1 Å². The molecular weight excluding hydrogens is 404 g/mol. The molecule has 3 heterocycles. The van der Waals surface area contributed by atoms with Gasteiger partial charge >= 0.3 is 0 Å². The van der Waals surface area contributed by atoms with E-state index in [9.17, 15) is 14.9 Å². The molecule has 2 aromatic heterocycles. The zero-order valence-corrected chi connectivity index (χ0v) is 16.2. The Labute approximate surface area is 168 Å². The average Bonchev–Trinajstić information content (AvgIpc) is 3.39. The number of hydrogen-bond donors (Lipinski definition) is 0. The first-order valence-electron chi connectivity index (χ1n) is 8.62. The summed E-state index contributed by atoms with van der Waals surface area (Å²) in [6, 6.07) is 5.78. The predicted molar refractivity (Wildman–Crippen MR) is 104 cm³/mol. The molecule has 1 amide bonds. The first-order valence-corrected chi connectivity index (χ1v) is 9.94. The van der Waals surface area contributed by atoms with Gasteiger partial charge in [0.2, 0.25) is 11.8 Å². The third kappa shape index (κ3) is 3.63. The maximum atomic E-state index is 12.9. The standard InChI is InChI=1S/C18H15ClN4O4S/c19-15-4-3-13(23(25)26)8-14(15)18(24)22-6-1-2-11(9-22)16-20-21-17(27-16)12-5-7-28-10-12/h3-5,7-8,10-11H,1-2,6,9H2. The van der Waals surface area contributed by atoms with Gasteiger partial charge in [-0.3, -0.25) is 14.9 Å². The number of rotatable bonds is 4. The van der Waals surface area contributed by atoms with Crippen molar-refractivity contribution in [2.75, 3.05) is 13.1 Å². The maximum absolute atomic E-state index is 12.9. The fourth-order valence-electron chi connectivity index (χ4n) is 3.23. The number of likely N-dealkylation sites (tertiary alicyclic amines) is 1. The van der Waals surface area contributed by atoms with Crippen LogP contribution in [0.4, 0.5) is 5.69 Å². The van der Waals surface area contributed by atoms with Crippen molar-refractivity contribution in [2.24, 2.45) is 0 Å². The van der Waals surface area contributed by atoms with Gasteiger partial charge in [-0.05, 0) is 30.4 Å². The number of non-ortho nitro benzene ring substituents is 1. The monoisotopic (exact) mass is 418 g/mol. The Kier molecular flexibility index (Phi) is 5.10. The Morgan fingerprint density at radius 2 is 2.21 bits per heavy atom. The van der Waals surface area contributed by atoms with E-state index < -0.39 is 4.92 Å². The molecule has 144 valence electrons. The molecule has 28 heavy (non-hydrogen) atoms. The predicted octanol–water partition coefficient (Wildman–Crippen LogP) is 4.38. The van der Waals surface area contributed by atoms with Gasteiger partial charge in [-0.15, -0.1) is 10.2 Å². The van der Waals surface area contributed by atoms with E-state index in [4.69, 9.17) is 16.0 Å². The molecule has 1 atom stereocenters. The minimum Gasteiger partial charge on any atom is -0.420 e. The maximum Gasteiger partial charge on any atom is 0.270 e. The quantitative estimate of drug-likeness (QED) is 0.460. The minimum absolute atomic E-state index is 0.0879. The Hall–Kier alpha value is -2.78. The first kappa shape index (κ1) is 18.6. The zero-order valence-electron chi connectivity index (χ0n) is 14.6. The number of halogens is 1. The summed E-state index contributed by atoms with van der Waals surface area (Å²) in [5, 5.41) is 23.3. The molecule has 0 saturated carbocycles. The number of hydrogen-bond acceptors (Lipinski definition) is 7. The van der Waals surface area contributed by atoms with Crippen LogP contribution in [0.5, 0.6) is 0 Å². The lowest BCUT2D eigenvalue weighted by Crippen LogP contribution is -2.39. The van der Waals surface area contributed by atoms with Crippen LogP contribution in [0.3, 0.4) is 0 Å². The Morgan fingerprint density at radius 1 is 1.36 bits per heavy atom. The van der Waals surface area contributed by atoms with Gasteiger partial charge in [0.1, 0.15) is 0 Å². The van der Waals surface area contributed by atoms with Crippen molar-refractivity contribution in [1.29, 1.82) is 0 Å². The molecule has 1 fully saturated rings. The number of thiophene rings is 1. The second-order valence-electron chi connectivity index (χ2n) is 6.47. The second-order valence-corrected chi connectivity index (χ2v) is 7.66. The van der Waals surface area contributed by atoms with Crippen molar-refractivity contribution in [3.8, 4) is 11.5 Å². The normalized spacial score (nSPS) is 16.9. The number of aromatic nitrogens is 2. The third-order valence-corrected chi connectivity index (χ3v) is 5.67. The molecule has 1 aliphatic rings. The highest BCUT2D eigenvalue weighted by molar-refractivity contribution is 7.08. The van der Waals surface area contributed by atoms with Crippen LogP contribution >= 0.6 is 22.9 Å². The summed E-state index contributed by atoms with van der Waals surface area (Å²) in [7, 11) is 0. The van der Waals surface area contributed by atoms with Gasteiger partial charge in [0.15, 0.2) is 0 Å². The van der Waals surface area contributed by atoms with Gasteiger partial charge in [0.25, 0.3) is 11.6 Å². The van der Waals surface area contributed by atoms with Crippen LogP contribution < -0.4 is 0 Å². The topological polar surface area (TPSA) is 102 Å².